The largest absolute Gasteiger partial charge is 0.370 e. The van der Waals surface area contributed by atoms with Gasteiger partial charge in [0.1, 0.15) is 17.5 Å². The number of rotatable bonds is 4. The van der Waals surface area contributed by atoms with Crippen LogP contribution >= 0.6 is 0 Å². The zero-order valence-corrected chi connectivity index (χ0v) is 11.7. The van der Waals surface area contributed by atoms with Gasteiger partial charge in [0.15, 0.2) is 0 Å². The second kappa shape index (κ2) is 6.03. The van der Waals surface area contributed by atoms with E-state index in [1.165, 1.54) is 19.3 Å². The molecule has 2 rings (SSSR count). The van der Waals surface area contributed by atoms with Crippen molar-refractivity contribution in [3.63, 3.8) is 0 Å². The molecule has 18 heavy (non-hydrogen) atoms. The Balaban J connectivity index is 2.27. The third-order valence-corrected chi connectivity index (χ3v) is 3.53. The molecule has 0 spiro atoms. The summed E-state index contributed by atoms with van der Waals surface area (Å²) >= 11 is 0. The Morgan fingerprint density at radius 2 is 2.17 bits per heavy atom. The number of hydrogen-bond acceptors (Lipinski definition) is 4. The third-order valence-electron chi connectivity index (χ3n) is 3.53. The van der Waals surface area contributed by atoms with E-state index in [-0.39, 0.29) is 0 Å². The van der Waals surface area contributed by atoms with Crippen LogP contribution in [0.2, 0.25) is 0 Å². The molecule has 0 bridgehead atoms. The van der Waals surface area contributed by atoms with Crippen molar-refractivity contribution >= 4 is 11.6 Å². The first kappa shape index (κ1) is 13.1. The van der Waals surface area contributed by atoms with Crippen LogP contribution in [0.1, 0.15) is 45.9 Å². The molecule has 1 aromatic heterocycles. The summed E-state index contributed by atoms with van der Waals surface area (Å²) in [6, 6.07) is 2.68. The van der Waals surface area contributed by atoms with Crippen LogP contribution in [0.15, 0.2) is 6.07 Å². The van der Waals surface area contributed by atoms with Crippen molar-refractivity contribution in [3.05, 3.63) is 11.9 Å². The molecule has 4 heteroatoms. The predicted molar refractivity (Wildman–Crippen MR) is 76.2 cm³/mol. The van der Waals surface area contributed by atoms with Crippen LogP contribution < -0.4 is 10.2 Å². The smallest absolute Gasteiger partial charge is 0.134 e. The van der Waals surface area contributed by atoms with Crippen molar-refractivity contribution in [3.8, 4) is 0 Å². The minimum absolute atomic E-state index is 0.591. The first-order chi connectivity index (χ1) is 8.74. The Morgan fingerprint density at radius 3 is 2.83 bits per heavy atom. The first-order valence-corrected chi connectivity index (χ1v) is 7.13. The van der Waals surface area contributed by atoms with E-state index in [9.17, 15) is 0 Å². The van der Waals surface area contributed by atoms with Gasteiger partial charge >= 0.3 is 0 Å². The normalized spacial score (nSPS) is 19.9. The average Bonchev–Trinajstić information content (AvgIpc) is 2.39. The predicted octanol–water partition coefficient (Wildman–Crippen LogP) is 2.85. The molecule has 1 aliphatic rings. The van der Waals surface area contributed by atoms with Gasteiger partial charge in [0, 0.05) is 31.6 Å². The van der Waals surface area contributed by atoms with Crippen molar-refractivity contribution in [1.82, 2.24) is 9.97 Å². The average molecular weight is 248 g/mol. The van der Waals surface area contributed by atoms with Gasteiger partial charge in [-0.1, -0.05) is 6.92 Å². The van der Waals surface area contributed by atoms with Gasteiger partial charge in [-0.25, -0.2) is 9.97 Å². The van der Waals surface area contributed by atoms with Crippen LogP contribution in [-0.4, -0.2) is 29.1 Å². The van der Waals surface area contributed by atoms with Crippen molar-refractivity contribution in [2.45, 2.75) is 52.5 Å². The molecule has 1 saturated heterocycles. The lowest BCUT2D eigenvalue weighted by molar-refractivity contribution is 0.480. The summed E-state index contributed by atoms with van der Waals surface area (Å²) in [7, 11) is 0. The van der Waals surface area contributed by atoms with E-state index >= 15 is 0 Å². The molecule has 0 aliphatic carbocycles. The molecular weight excluding hydrogens is 224 g/mol. The maximum Gasteiger partial charge on any atom is 0.134 e. The lowest BCUT2D eigenvalue weighted by Crippen LogP contribution is -2.38. The van der Waals surface area contributed by atoms with E-state index < -0.39 is 0 Å². The van der Waals surface area contributed by atoms with Crippen molar-refractivity contribution in [1.29, 1.82) is 0 Å². The van der Waals surface area contributed by atoms with E-state index in [0.29, 0.717) is 6.04 Å². The molecule has 1 N–H and O–H groups in total. The highest BCUT2D eigenvalue weighted by Crippen LogP contribution is 2.24. The highest BCUT2D eigenvalue weighted by atomic mass is 15.2. The number of piperidine rings is 1. The van der Waals surface area contributed by atoms with Crippen molar-refractivity contribution < 1.29 is 0 Å². The Labute approximate surface area is 110 Å². The Morgan fingerprint density at radius 1 is 1.33 bits per heavy atom. The fraction of sp³-hybridized carbons (Fsp3) is 0.714. The van der Waals surface area contributed by atoms with Crippen LogP contribution in [-0.2, 0) is 6.42 Å². The van der Waals surface area contributed by atoms with Gasteiger partial charge in [0.2, 0.25) is 0 Å². The molecule has 1 fully saturated rings. The molecule has 0 amide bonds. The summed E-state index contributed by atoms with van der Waals surface area (Å²) in [6.45, 7) is 8.51. The zero-order chi connectivity index (χ0) is 13.0. The van der Waals surface area contributed by atoms with Crippen LogP contribution in [0.4, 0.5) is 11.6 Å². The summed E-state index contributed by atoms with van der Waals surface area (Å²) in [5, 5.41) is 3.30. The highest BCUT2D eigenvalue weighted by molar-refractivity contribution is 5.50. The molecule has 1 aliphatic heterocycles. The number of nitrogens with one attached hydrogen (secondary N) is 1. The fourth-order valence-corrected chi connectivity index (χ4v) is 2.50. The SMILES string of the molecule is CCNc1cc(N2CCCCC2C)nc(CC)n1. The molecule has 1 unspecified atom stereocenters. The Kier molecular flexibility index (Phi) is 4.39. The lowest BCUT2D eigenvalue weighted by atomic mass is 10.0. The first-order valence-electron chi connectivity index (χ1n) is 7.13. The minimum atomic E-state index is 0.591. The maximum absolute atomic E-state index is 4.68. The van der Waals surface area contributed by atoms with Gasteiger partial charge in [-0.3, -0.25) is 0 Å². The second-order valence-electron chi connectivity index (χ2n) is 4.95. The number of hydrogen-bond donors (Lipinski definition) is 1. The van der Waals surface area contributed by atoms with E-state index in [2.05, 4.69) is 47.0 Å². The summed E-state index contributed by atoms with van der Waals surface area (Å²) in [4.78, 5) is 11.6. The number of anilines is 2. The topological polar surface area (TPSA) is 41.0 Å². The Hall–Kier alpha value is -1.32. The Bertz CT molecular complexity index is 391. The van der Waals surface area contributed by atoms with Gasteiger partial charge in [-0.05, 0) is 33.1 Å². The lowest BCUT2D eigenvalue weighted by Gasteiger charge is -2.34. The second-order valence-corrected chi connectivity index (χ2v) is 4.95. The van der Waals surface area contributed by atoms with Crippen LogP contribution in [0.3, 0.4) is 0 Å². The molecule has 1 atom stereocenters. The molecule has 4 nitrogen and oxygen atoms in total. The number of aromatic nitrogens is 2. The highest BCUT2D eigenvalue weighted by Gasteiger charge is 2.20. The molecular formula is C14H24N4. The molecule has 0 saturated carbocycles. The van der Waals surface area contributed by atoms with Crippen molar-refractivity contribution in [2.75, 3.05) is 23.3 Å². The summed E-state index contributed by atoms with van der Waals surface area (Å²) in [5.41, 5.74) is 0. The molecule has 100 valence electrons. The van der Waals surface area contributed by atoms with E-state index in [4.69, 9.17) is 0 Å². The minimum Gasteiger partial charge on any atom is -0.370 e. The molecule has 0 radical (unpaired) electrons. The van der Waals surface area contributed by atoms with Gasteiger partial charge in [0.05, 0.1) is 0 Å². The van der Waals surface area contributed by atoms with Crippen LogP contribution in [0.25, 0.3) is 0 Å². The summed E-state index contributed by atoms with van der Waals surface area (Å²) < 4.78 is 0. The number of aryl methyl sites for hydroxylation is 1. The molecule has 2 heterocycles. The monoisotopic (exact) mass is 248 g/mol. The van der Waals surface area contributed by atoms with E-state index in [1.807, 2.05) is 0 Å². The summed E-state index contributed by atoms with van der Waals surface area (Å²) in [6.07, 6.45) is 4.76. The van der Waals surface area contributed by atoms with E-state index in [0.717, 1.165) is 37.0 Å². The maximum atomic E-state index is 4.68. The number of nitrogens with zero attached hydrogens (tertiary/aromatic N) is 3. The quantitative estimate of drug-likeness (QED) is 0.889. The van der Waals surface area contributed by atoms with Gasteiger partial charge in [-0.15, -0.1) is 0 Å². The fourth-order valence-electron chi connectivity index (χ4n) is 2.50. The van der Waals surface area contributed by atoms with Crippen molar-refractivity contribution in [2.24, 2.45) is 0 Å². The van der Waals surface area contributed by atoms with Crippen LogP contribution in [0, 0.1) is 0 Å². The van der Waals surface area contributed by atoms with Crippen LogP contribution in [0.5, 0.6) is 0 Å². The zero-order valence-electron chi connectivity index (χ0n) is 11.7. The van der Waals surface area contributed by atoms with Gasteiger partial charge in [0.25, 0.3) is 0 Å². The van der Waals surface area contributed by atoms with E-state index in [1.54, 1.807) is 0 Å². The molecule has 1 aromatic rings. The standard InChI is InChI=1S/C14H24N4/c1-4-12-16-13(15-5-2)10-14(17-12)18-9-7-6-8-11(18)3/h10-11H,4-9H2,1-3H3,(H,15,16,17). The molecule has 0 aromatic carbocycles. The van der Waals surface area contributed by atoms with Gasteiger partial charge < -0.3 is 10.2 Å². The summed E-state index contributed by atoms with van der Waals surface area (Å²) in [5.74, 6) is 2.98. The third kappa shape index (κ3) is 2.92. The van der Waals surface area contributed by atoms with Gasteiger partial charge in [-0.2, -0.15) is 0 Å².